The molecule has 22 heavy (non-hydrogen) atoms. The number of anilines is 1. The number of amides is 1. The Bertz CT molecular complexity index is 728. The third-order valence-electron chi connectivity index (χ3n) is 3.04. The van der Waals surface area contributed by atoms with Crippen LogP contribution in [0.1, 0.15) is 16.7 Å². The molecule has 0 saturated heterocycles. The minimum Gasteiger partial charge on any atom is -0.482 e. The summed E-state index contributed by atoms with van der Waals surface area (Å²) >= 11 is 3.44. The molecule has 0 aliphatic rings. The predicted molar refractivity (Wildman–Crippen MR) is 88.9 cm³/mol. The molecule has 0 bridgehead atoms. The fraction of sp³-hybridized carbons (Fsp3) is 0.176. The maximum Gasteiger partial charge on any atom is 0.262 e. The second kappa shape index (κ2) is 7.10. The second-order valence-corrected chi connectivity index (χ2v) is 5.74. The van der Waals surface area contributed by atoms with Gasteiger partial charge in [0.25, 0.3) is 5.91 Å². The topological polar surface area (TPSA) is 62.1 Å². The van der Waals surface area contributed by atoms with Gasteiger partial charge < -0.3 is 10.1 Å². The van der Waals surface area contributed by atoms with E-state index in [2.05, 4.69) is 21.2 Å². The third-order valence-corrected chi connectivity index (χ3v) is 3.63. The van der Waals surface area contributed by atoms with E-state index in [1.54, 1.807) is 24.3 Å². The van der Waals surface area contributed by atoms with E-state index in [4.69, 9.17) is 10.00 Å². The van der Waals surface area contributed by atoms with Crippen LogP contribution in [0.5, 0.6) is 5.75 Å². The van der Waals surface area contributed by atoms with Gasteiger partial charge in [0.1, 0.15) is 11.8 Å². The molecule has 0 radical (unpaired) electrons. The molecule has 112 valence electrons. The van der Waals surface area contributed by atoms with Crippen LogP contribution in [0, 0.1) is 25.2 Å². The first-order valence-corrected chi connectivity index (χ1v) is 7.49. The highest BCUT2D eigenvalue weighted by atomic mass is 79.9. The van der Waals surface area contributed by atoms with Gasteiger partial charge in [-0.1, -0.05) is 18.2 Å². The average Bonchev–Trinajstić information content (AvgIpc) is 2.46. The smallest absolute Gasteiger partial charge is 0.262 e. The van der Waals surface area contributed by atoms with Crippen molar-refractivity contribution in [1.82, 2.24) is 0 Å². The van der Waals surface area contributed by atoms with E-state index in [9.17, 15) is 4.79 Å². The number of halogens is 1. The van der Waals surface area contributed by atoms with E-state index < -0.39 is 0 Å². The number of carbonyl (C=O) groups is 1. The van der Waals surface area contributed by atoms with E-state index in [1.807, 2.05) is 32.0 Å². The Morgan fingerprint density at radius 3 is 2.73 bits per heavy atom. The Labute approximate surface area is 137 Å². The molecule has 2 aromatic rings. The van der Waals surface area contributed by atoms with Crippen LogP contribution >= 0.6 is 15.9 Å². The van der Waals surface area contributed by atoms with Crippen LogP contribution < -0.4 is 10.1 Å². The summed E-state index contributed by atoms with van der Waals surface area (Å²) in [6.07, 6.45) is 0. The maximum atomic E-state index is 12.0. The third kappa shape index (κ3) is 3.86. The fourth-order valence-electron chi connectivity index (χ4n) is 2.10. The first kappa shape index (κ1) is 16.1. The molecule has 1 amide bonds. The largest absolute Gasteiger partial charge is 0.482 e. The lowest BCUT2D eigenvalue weighted by Gasteiger charge is -2.12. The van der Waals surface area contributed by atoms with E-state index in [0.29, 0.717) is 17.0 Å². The van der Waals surface area contributed by atoms with Crippen LogP contribution in [-0.4, -0.2) is 12.5 Å². The predicted octanol–water partition coefficient (Wildman–Crippen LogP) is 3.96. The number of ether oxygens (including phenoxy) is 1. The van der Waals surface area contributed by atoms with Crippen LogP contribution in [0.3, 0.4) is 0 Å². The number of hydrogen-bond acceptors (Lipinski definition) is 3. The van der Waals surface area contributed by atoms with E-state index in [0.717, 1.165) is 15.6 Å². The summed E-state index contributed by atoms with van der Waals surface area (Å²) in [4.78, 5) is 12.0. The zero-order chi connectivity index (χ0) is 16.1. The van der Waals surface area contributed by atoms with Crippen LogP contribution in [0.4, 0.5) is 5.69 Å². The molecule has 2 rings (SSSR count). The second-order valence-electron chi connectivity index (χ2n) is 4.89. The summed E-state index contributed by atoms with van der Waals surface area (Å²) < 4.78 is 6.40. The number of nitriles is 1. The van der Waals surface area contributed by atoms with Gasteiger partial charge in [0, 0.05) is 0 Å². The fourth-order valence-corrected chi connectivity index (χ4v) is 2.89. The molecule has 0 fully saturated rings. The number of nitrogens with zero attached hydrogens (tertiary/aromatic N) is 1. The molecule has 2 aromatic carbocycles. The number of aryl methyl sites for hydroxylation is 2. The number of rotatable bonds is 4. The lowest BCUT2D eigenvalue weighted by atomic mass is 10.1. The van der Waals surface area contributed by atoms with Crippen molar-refractivity contribution in [2.75, 3.05) is 11.9 Å². The Hall–Kier alpha value is -2.32. The van der Waals surface area contributed by atoms with E-state index in [1.165, 1.54) is 0 Å². The average molecular weight is 359 g/mol. The number of carbonyl (C=O) groups excluding carboxylic acids is 1. The Morgan fingerprint density at radius 1 is 1.32 bits per heavy atom. The summed E-state index contributed by atoms with van der Waals surface area (Å²) in [5.74, 6) is 0.337. The molecule has 0 aromatic heterocycles. The summed E-state index contributed by atoms with van der Waals surface area (Å²) in [5.41, 5.74) is 2.98. The van der Waals surface area contributed by atoms with Crippen molar-refractivity contribution >= 4 is 27.5 Å². The monoisotopic (exact) mass is 358 g/mol. The summed E-state index contributed by atoms with van der Waals surface area (Å²) in [6, 6.07) is 12.8. The van der Waals surface area contributed by atoms with Crippen LogP contribution in [0.15, 0.2) is 40.9 Å². The molecule has 0 aliphatic carbocycles. The normalized spacial score (nSPS) is 9.91. The molecule has 0 heterocycles. The van der Waals surface area contributed by atoms with Crippen molar-refractivity contribution in [2.45, 2.75) is 13.8 Å². The molecule has 0 aliphatic heterocycles. The van der Waals surface area contributed by atoms with Gasteiger partial charge in [-0.05, 0) is 59.1 Å². The highest BCUT2D eigenvalue weighted by Crippen LogP contribution is 2.30. The quantitative estimate of drug-likeness (QED) is 0.899. The molecular formula is C17H15BrN2O2. The molecule has 0 spiro atoms. The standard InChI is InChI=1S/C17H15BrN2O2/c1-11-7-12(2)17(14(18)8-11)22-10-16(21)20-15-6-4-3-5-13(15)9-19/h3-8H,10H2,1-2H3,(H,20,21). The number of para-hydroxylation sites is 1. The van der Waals surface area contributed by atoms with Gasteiger partial charge in [0.05, 0.1) is 15.7 Å². The first-order valence-electron chi connectivity index (χ1n) is 6.70. The molecule has 4 nitrogen and oxygen atoms in total. The van der Waals surface area contributed by atoms with Crippen LogP contribution in [-0.2, 0) is 4.79 Å². The molecule has 1 N–H and O–H groups in total. The van der Waals surface area contributed by atoms with Crippen molar-refractivity contribution in [3.8, 4) is 11.8 Å². The minimum absolute atomic E-state index is 0.123. The lowest BCUT2D eigenvalue weighted by Crippen LogP contribution is -2.21. The summed E-state index contributed by atoms with van der Waals surface area (Å²) in [5, 5.41) is 11.7. The van der Waals surface area contributed by atoms with Gasteiger partial charge in [-0.3, -0.25) is 4.79 Å². The number of hydrogen-bond donors (Lipinski definition) is 1. The van der Waals surface area contributed by atoms with Gasteiger partial charge in [-0.25, -0.2) is 0 Å². The van der Waals surface area contributed by atoms with Crippen LogP contribution in [0.2, 0.25) is 0 Å². The highest BCUT2D eigenvalue weighted by Gasteiger charge is 2.10. The zero-order valence-corrected chi connectivity index (χ0v) is 13.9. The SMILES string of the molecule is Cc1cc(C)c(OCC(=O)Nc2ccccc2C#N)c(Br)c1. The Balaban J connectivity index is 2.04. The van der Waals surface area contributed by atoms with E-state index in [-0.39, 0.29) is 12.5 Å². The summed E-state index contributed by atoms with van der Waals surface area (Å²) in [7, 11) is 0. The van der Waals surface area contributed by atoms with Gasteiger partial charge in [-0.15, -0.1) is 0 Å². The van der Waals surface area contributed by atoms with Gasteiger partial charge in [0.15, 0.2) is 6.61 Å². The zero-order valence-electron chi connectivity index (χ0n) is 12.3. The Kier molecular flexibility index (Phi) is 5.18. The lowest BCUT2D eigenvalue weighted by molar-refractivity contribution is -0.118. The molecule has 5 heteroatoms. The first-order chi connectivity index (χ1) is 10.5. The molecule has 0 unspecified atom stereocenters. The van der Waals surface area contributed by atoms with Gasteiger partial charge in [-0.2, -0.15) is 5.26 Å². The Morgan fingerprint density at radius 2 is 2.05 bits per heavy atom. The van der Waals surface area contributed by atoms with Gasteiger partial charge in [0.2, 0.25) is 0 Å². The van der Waals surface area contributed by atoms with Crippen molar-refractivity contribution in [2.24, 2.45) is 0 Å². The number of benzene rings is 2. The summed E-state index contributed by atoms with van der Waals surface area (Å²) in [6.45, 7) is 3.80. The minimum atomic E-state index is -0.311. The molecule has 0 atom stereocenters. The molecular weight excluding hydrogens is 344 g/mol. The van der Waals surface area contributed by atoms with Crippen molar-refractivity contribution in [1.29, 1.82) is 5.26 Å². The number of nitrogens with one attached hydrogen (secondary N) is 1. The van der Waals surface area contributed by atoms with Crippen molar-refractivity contribution < 1.29 is 9.53 Å². The van der Waals surface area contributed by atoms with Crippen molar-refractivity contribution in [3.05, 3.63) is 57.6 Å². The molecule has 0 saturated carbocycles. The maximum absolute atomic E-state index is 12.0. The van der Waals surface area contributed by atoms with Crippen LogP contribution in [0.25, 0.3) is 0 Å². The van der Waals surface area contributed by atoms with Crippen molar-refractivity contribution in [3.63, 3.8) is 0 Å². The van der Waals surface area contributed by atoms with Gasteiger partial charge >= 0.3 is 0 Å². The van der Waals surface area contributed by atoms with E-state index >= 15 is 0 Å². The highest BCUT2D eigenvalue weighted by molar-refractivity contribution is 9.10.